The van der Waals surface area contributed by atoms with Crippen LogP contribution >= 0.6 is 46.4 Å². The number of halogens is 4. The van der Waals surface area contributed by atoms with E-state index in [4.69, 9.17) is 46.4 Å². The van der Waals surface area contributed by atoms with Crippen molar-refractivity contribution in [3.63, 3.8) is 0 Å². The van der Waals surface area contributed by atoms with Crippen molar-refractivity contribution in [2.24, 2.45) is 0 Å². The number of rotatable bonds is 6. The van der Waals surface area contributed by atoms with Gasteiger partial charge in [-0.1, -0.05) is 76.7 Å². The first-order valence-electron chi connectivity index (χ1n) is 7.27. The van der Waals surface area contributed by atoms with Crippen LogP contribution in [0.4, 0.5) is 0 Å². The Hall–Kier alpha value is -0.970. The lowest BCUT2D eigenvalue weighted by atomic mass is 10.1. The predicted molar refractivity (Wildman–Crippen MR) is 101 cm³/mol. The molecule has 0 aromatic heterocycles. The van der Waals surface area contributed by atoms with E-state index in [0.717, 1.165) is 12.0 Å². The molecule has 0 bridgehead atoms. The Bertz CT molecular complexity index is 657. The highest BCUT2D eigenvalue weighted by atomic mass is 35.6. The maximum Gasteiger partial charge on any atom is 0.252 e. The molecule has 0 unspecified atom stereocenters. The highest BCUT2D eigenvalue weighted by molar-refractivity contribution is 6.68. The smallest absolute Gasteiger partial charge is 0.252 e. The second kappa shape index (κ2) is 8.93. The molecule has 0 saturated heterocycles. The molecular weight excluding hydrogens is 390 g/mol. The number of benzene rings is 2. The van der Waals surface area contributed by atoms with Crippen molar-refractivity contribution in [1.29, 1.82) is 0 Å². The highest BCUT2D eigenvalue weighted by Crippen LogP contribution is 2.29. The zero-order valence-electron chi connectivity index (χ0n) is 12.6. The fraction of sp³-hybridized carbons (Fsp3) is 0.235. The molecule has 0 heterocycles. The predicted octanol–water partition coefficient (Wildman–Crippen LogP) is 4.60. The minimum Gasteiger partial charge on any atom is -0.333 e. The minimum atomic E-state index is -1.68. The molecule has 24 heavy (non-hydrogen) atoms. The second-order valence-corrected chi connectivity index (χ2v) is 7.95. The Balaban J connectivity index is 1.95. The normalized spacial score (nSPS) is 12.7. The summed E-state index contributed by atoms with van der Waals surface area (Å²) in [6.07, 6.45) is -0.0797. The molecule has 1 atom stereocenters. The van der Waals surface area contributed by atoms with Gasteiger partial charge in [-0.25, -0.2) is 0 Å². The van der Waals surface area contributed by atoms with E-state index in [0.29, 0.717) is 17.1 Å². The Morgan fingerprint density at radius 3 is 2.21 bits per heavy atom. The molecule has 0 aliphatic rings. The fourth-order valence-electron chi connectivity index (χ4n) is 2.07. The highest BCUT2D eigenvalue weighted by Gasteiger charge is 2.33. The van der Waals surface area contributed by atoms with Crippen molar-refractivity contribution in [2.45, 2.75) is 16.4 Å². The van der Waals surface area contributed by atoms with Crippen molar-refractivity contribution in [3.8, 4) is 0 Å². The molecule has 2 N–H and O–H groups in total. The average molecular weight is 406 g/mol. The molecule has 0 radical (unpaired) electrons. The van der Waals surface area contributed by atoms with E-state index in [1.807, 2.05) is 30.3 Å². The van der Waals surface area contributed by atoms with E-state index >= 15 is 0 Å². The Morgan fingerprint density at radius 1 is 1.00 bits per heavy atom. The topological polar surface area (TPSA) is 41.1 Å². The molecule has 2 aromatic carbocycles. The van der Waals surface area contributed by atoms with Gasteiger partial charge in [0.25, 0.3) is 5.91 Å². The van der Waals surface area contributed by atoms with E-state index in [-0.39, 0.29) is 5.91 Å². The third kappa shape index (κ3) is 6.15. The quantitative estimate of drug-likeness (QED) is 0.544. The van der Waals surface area contributed by atoms with E-state index in [2.05, 4.69) is 10.6 Å². The Morgan fingerprint density at radius 2 is 1.62 bits per heavy atom. The first-order valence-corrected chi connectivity index (χ1v) is 8.78. The zero-order chi connectivity index (χ0) is 17.6. The van der Waals surface area contributed by atoms with Crippen LogP contribution in [0.2, 0.25) is 5.02 Å². The van der Waals surface area contributed by atoms with Gasteiger partial charge in [-0.2, -0.15) is 0 Å². The first kappa shape index (κ1) is 19.4. The van der Waals surface area contributed by atoms with Crippen molar-refractivity contribution in [3.05, 3.63) is 70.7 Å². The summed E-state index contributed by atoms with van der Waals surface area (Å²) < 4.78 is -1.68. The molecule has 0 aliphatic carbocycles. The molecule has 2 rings (SSSR count). The number of carbonyl (C=O) groups excluding carboxylic acids is 1. The molecule has 1 amide bonds. The van der Waals surface area contributed by atoms with Gasteiger partial charge in [-0.3, -0.25) is 10.1 Å². The summed E-state index contributed by atoms with van der Waals surface area (Å²) in [5.74, 6) is -0.352. The van der Waals surface area contributed by atoms with Crippen molar-refractivity contribution in [2.75, 3.05) is 6.54 Å². The number of alkyl halides is 3. The maximum atomic E-state index is 12.3. The first-order chi connectivity index (χ1) is 11.4. The van der Waals surface area contributed by atoms with Crippen LogP contribution in [0.1, 0.15) is 15.9 Å². The zero-order valence-corrected chi connectivity index (χ0v) is 15.6. The third-order valence-electron chi connectivity index (χ3n) is 3.31. The summed E-state index contributed by atoms with van der Waals surface area (Å²) in [7, 11) is 0. The summed E-state index contributed by atoms with van der Waals surface area (Å²) in [5.41, 5.74) is 1.58. The molecule has 0 spiro atoms. The number of nitrogens with one attached hydrogen (secondary N) is 2. The SMILES string of the molecule is O=C(N[C@H](NCCc1ccccc1)C(Cl)(Cl)Cl)c1ccc(Cl)cc1. The second-order valence-electron chi connectivity index (χ2n) is 5.14. The molecule has 2 aromatic rings. The maximum absolute atomic E-state index is 12.3. The largest absolute Gasteiger partial charge is 0.333 e. The van der Waals surface area contributed by atoms with Crippen LogP contribution in [-0.4, -0.2) is 22.4 Å². The number of hydrogen-bond acceptors (Lipinski definition) is 2. The van der Waals surface area contributed by atoms with Crippen molar-refractivity contribution in [1.82, 2.24) is 10.6 Å². The lowest BCUT2D eigenvalue weighted by Crippen LogP contribution is -2.53. The summed E-state index contributed by atoms with van der Waals surface area (Å²) in [4.78, 5) is 12.3. The summed E-state index contributed by atoms with van der Waals surface area (Å²) >= 11 is 23.7. The van der Waals surface area contributed by atoms with Gasteiger partial charge in [-0.05, 0) is 36.2 Å². The van der Waals surface area contributed by atoms with Crippen LogP contribution < -0.4 is 10.6 Å². The van der Waals surface area contributed by atoms with Crippen LogP contribution in [-0.2, 0) is 6.42 Å². The van der Waals surface area contributed by atoms with Crippen molar-refractivity contribution >= 4 is 52.3 Å². The van der Waals surface area contributed by atoms with Gasteiger partial charge >= 0.3 is 0 Å². The standard InChI is InChI=1S/C17H16Cl4N2O/c18-14-8-6-13(7-9-14)15(24)23-16(17(19,20)21)22-11-10-12-4-2-1-3-5-12/h1-9,16,22H,10-11H2,(H,23,24)/t16-/m0/s1. The number of carbonyl (C=O) groups is 1. The van der Waals surface area contributed by atoms with Crippen molar-refractivity contribution < 1.29 is 4.79 Å². The molecule has 128 valence electrons. The molecule has 0 saturated carbocycles. The molecule has 3 nitrogen and oxygen atoms in total. The van der Waals surface area contributed by atoms with Crippen LogP contribution in [0, 0.1) is 0 Å². The van der Waals surface area contributed by atoms with Gasteiger partial charge in [-0.15, -0.1) is 0 Å². The minimum absolute atomic E-state index is 0.352. The Labute approximate surface area is 161 Å². The van der Waals surface area contributed by atoms with E-state index in [1.54, 1.807) is 24.3 Å². The Kier molecular flexibility index (Phi) is 7.20. The van der Waals surface area contributed by atoms with Gasteiger partial charge in [0.15, 0.2) is 0 Å². The summed E-state index contributed by atoms with van der Waals surface area (Å²) in [5, 5.41) is 6.30. The van der Waals surface area contributed by atoms with Crippen LogP contribution in [0.25, 0.3) is 0 Å². The molecule has 0 fully saturated rings. The fourth-order valence-corrected chi connectivity index (χ4v) is 2.59. The van der Waals surface area contributed by atoms with E-state index in [9.17, 15) is 4.79 Å². The number of hydrogen-bond donors (Lipinski definition) is 2. The van der Waals surface area contributed by atoms with Crippen LogP contribution in [0.3, 0.4) is 0 Å². The lowest BCUT2D eigenvalue weighted by Gasteiger charge is -2.26. The van der Waals surface area contributed by atoms with Gasteiger partial charge in [0.1, 0.15) is 6.17 Å². The summed E-state index contributed by atoms with van der Waals surface area (Å²) in [6.45, 7) is 0.545. The van der Waals surface area contributed by atoms with Gasteiger partial charge in [0, 0.05) is 17.1 Å². The van der Waals surface area contributed by atoms with Gasteiger partial charge in [0.05, 0.1) is 0 Å². The van der Waals surface area contributed by atoms with Gasteiger partial charge in [0.2, 0.25) is 3.79 Å². The molecular formula is C17H16Cl4N2O. The van der Waals surface area contributed by atoms with Crippen LogP contribution in [0.5, 0.6) is 0 Å². The third-order valence-corrected chi connectivity index (χ3v) is 4.22. The lowest BCUT2D eigenvalue weighted by molar-refractivity contribution is 0.0930. The average Bonchev–Trinajstić information content (AvgIpc) is 2.54. The van der Waals surface area contributed by atoms with E-state index < -0.39 is 9.96 Å². The summed E-state index contributed by atoms with van der Waals surface area (Å²) in [6, 6.07) is 16.4. The molecule has 7 heteroatoms. The monoisotopic (exact) mass is 404 g/mol. The van der Waals surface area contributed by atoms with E-state index in [1.165, 1.54) is 0 Å². The van der Waals surface area contributed by atoms with Crippen LogP contribution in [0.15, 0.2) is 54.6 Å². The number of amides is 1. The molecule has 0 aliphatic heterocycles. The van der Waals surface area contributed by atoms with Gasteiger partial charge < -0.3 is 5.32 Å².